The molecule has 1 unspecified atom stereocenters. The number of aromatic nitrogens is 7. The van der Waals surface area contributed by atoms with Gasteiger partial charge in [-0.15, -0.1) is 10.2 Å². The molecule has 1 aliphatic heterocycles. The fourth-order valence-corrected chi connectivity index (χ4v) is 5.46. The molecule has 2 aliphatic rings. The number of aromatic amines is 1. The van der Waals surface area contributed by atoms with Gasteiger partial charge in [0.05, 0.1) is 6.04 Å². The van der Waals surface area contributed by atoms with Crippen molar-refractivity contribution in [3.8, 4) is 28.3 Å². The third-order valence-corrected chi connectivity index (χ3v) is 7.68. The van der Waals surface area contributed by atoms with E-state index in [0.29, 0.717) is 40.5 Å². The molecule has 1 aromatic carbocycles. The summed E-state index contributed by atoms with van der Waals surface area (Å²) in [6.45, 7) is 0.721. The number of rotatable bonds is 5. The summed E-state index contributed by atoms with van der Waals surface area (Å²) in [6.07, 6.45) is 0.799. The summed E-state index contributed by atoms with van der Waals surface area (Å²) in [6, 6.07) is 7.34. The van der Waals surface area contributed by atoms with E-state index in [4.69, 9.17) is 0 Å². The van der Waals surface area contributed by atoms with Gasteiger partial charge in [0.1, 0.15) is 40.4 Å². The van der Waals surface area contributed by atoms with Crippen LogP contribution in [0.1, 0.15) is 54.7 Å². The smallest absolute Gasteiger partial charge is 0.336 e. The molecule has 13 heteroatoms. The minimum Gasteiger partial charge on any atom is -0.336 e. The number of hydrogen-bond donors (Lipinski definition) is 2. The maximum absolute atomic E-state index is 14.4. The van der Waals surface area contributed by atoms with E-state index < -0.39 is 28.6 Å². The molecule has 0 spiro atoms. The van der Waals surface area contributed by atoms with E-state index in [1.165, 1.54) is 18.5 Å². The number of imidazole rings is 1. The summed E-state index contributed by atoms with van der Waals surface area (Å²) in [7, 11) is 1.73. The lowest BCUT2D eigenvalue weighted by atomic mass is 9.98. The van der Waals surface area contributed by atoms with E-state index in [0.717, 1.165) is 36.6 Å². The van der Waals surface area contributed by atoms with Gasteiger partial charge in [-0.2, -0.15) is 13.2 Å². The normalized spacial score (nSPS) is 17.5. The number of nitrogens with one attached hydrogen (secondary N) is 2. The highest BCUT2D eigenvalue weighted by Gasteiger charge is 2.37. The van der Waals surface area contributed by atoms with Gasteiger partial charge in [-0.25, -0.2) is 14.4 Å². The maximum Gasteiger partial charge on any atom is 0.419 e. The van der Waals surface area contributed by atoms with Crippen LogP contribution >= 0.6 is 0 Å². The first-order valence-electron chi connectivity index (χ1n) is 13.3. The number of alkyl halides is 3. The van der Waals surface area contributed by atoms with Crippen molar-refractivity contribution in [2.45, 2.75) is 43.8 Å². The van der Waals surface area contributed by atoms with Gasteiger partial charge < -0.3 is 14.9 Å². The molecule has 0 bridgehead atoms. The summed E-state index contributed by atoms with van der Waals surface area (Å²) in [5, 5.41) is 11.2. The summed E-state index contributed by atoms with van der Waals surface area (Å²) in [5.41, 5.74) is -0.130. The lowest BCUT2D eigenvalue weighted by molar-refractivity contribution is -0.136. The summed E-state index contributed by atoms with van der Waals surface area (Å²) in [4.78, 5) is 25.4. The fraction of sp³-hybridized carbons (Fsp3) is 0.321. The predicted octanol–water partition coefficient (Wildman–Crippen LogP) is 5.03. The lowest BCUT2D eigenvalue weighted by Gasteiger charge is -2.15. The van der Waals surface area contributed by atoms with Crippen LogP contribution in [0.25, 0.3) is 39.4 Å². The quantitative estimate of drug-likeness (QED) is 0.290. The Morgan fingerprint density at radius 3 is 2.56 bits per heavy atom. The van der Waals surface area contributed by atoms with E-state index in [-0.39, 0.29) is 23.3 Å². The summed E-state index contributed by atoms with van der Waals surface area (Å²) in [5.74, 6) is 0.380. The van der Waals surface area contributed by atoms with Gasteiger partial charge in [-0.05, 0) is 67.6 Å². The molecule has 0 amide bonds. The molecule has 5 heterocycles. The van der Waals surface area contributed by atoms with Crippen molar-refractivity contribution in [3.05, 3.63) is 76.1 Å². The minimum atomic E-state index is -4.77. The highest BCUT2D eigenvalue weighted by molar-refractivity contribution is 5.82. The Kier molecular flexibility index (Phi) is 5.82. The molecule has 4 aromatic heterocycles. The summed E-state index contributed by atoms with van der Waals surface area (Å²) < 4.78 is 59.9. The van der Waals surface area contributed by atoms with E-state index >= 15 is 0 Å². The molecule has 41 heavy (non-hydrogen) atoms. The molecule has 9 nitrogen and oxygen atoms in total. The average Bonchev–Trinajstić information content (AvgIpc) is 3.28. The Morgan fingerprint density at radius 2 is 1.88 bits per heavy atom. The van der Waals surface area contributed by atoms with Crippen molar-refractivity contribution in [1.29, 1.82) is 0 Å². The third kappa shape index (κ3) is 4.49. The van der Waals surface area contributed by atoms with Crippen molar-refractivity contribution < 1.29 is 17.6 Å². The molecule has 1 saturated carbocycles. The van der Waals surface area contributed by atoms with Crippen LogP contribution in [-0.4, -0.2) is 40.8 Å². The second-order valence-corrected chi connectivity index (χ2v) is 10.6. The zero-order valence-corrected chi connectivity index (χ0v) is 21.8. The first-order valence-corrected chi connectivity index (χ1v) is 13.3. The molecule has 1 saturated heterocycles. The van der Waals surface area contributed by atoms with E-state index in [2.05, 4.69) is 30.5 Å². The Balaban J connectivity index is 1.45. The molecule has 0 radical (unpaired) electrons. The molecule has 1 aliphatic carbocycles. The number of hydrogen-bond acceptors (Lipinski definition) is 6. The molecule has 1 atom stereocenters. The maximum atomic E-state index is 14.4. The van der Waals surface area contributed by atoms with Crippen molar-refractivity contribution in [3.63, 3.8) is 0 Å². The van der Waals surface area contributed by atoms with Gasteiger partial charge in [0.2, 0.25) is 0 Å². The molecule has 210 valence electrons. The molecular weight excluding hydrogens is 540 g/mol. The van der Waals surface area contributed by atoms with Crippen molar-refractivity contribution in [2.24, 2.45) is 7.05 Å². The van der Waals surface area contributed by atoms with Crippen LogP contribution in [-0.2, 0) is 13.2 Å². The van der Waals surface area contributed by atoms with Crippen LogP contribution in [0, 0.1) is 5.82 Å². The lowest BCUT2D eigenvalue weighted by Crippen LogP contribution is -2.23. The molecule has 2 fully saturated rings. The van der Waals surface area contributed by atoms with Crippen molar-refractivity contribution in [1.82, 2.24) is 39.6 Å². The van der Waals surface area contributed by atoms with Gasteiger partial charge in [-0.3, -0.25) is 9.36 Å². The van der Waals surface area contributed by atoms with Crippen LogP contribution in [0.4, 0.5) is 17.6 Å². The number of halogens is 4. The number of pyridine rings is 2. The van der Waals surface area contributed by atoms with Gasteiger partial charge in [0.15, 0.2) is 5.82 Å². The van der Waals surface area contributed by atoms with Crippen LogP contribution in [0.5, 0.6) is 0 Å². The molecule has 5 aromatic rings. The number of fused-ring (bicyclic) bond motifs is 1. The van der Waals surface area contributed by atoms with Gasteiger partial charge in [-0.1, -0.05) is 6.07 Å². The van der Waals surface area contributed by atoms with Crippen molar-refractivity contribution in [2.75, 3.05) is 6.54 Å². The Bertz CT molecular complexity index is 1860. The zero-order chi connectivity index (χ0) is 28.5. The topological polar surface area (TPSA) is 106 Å². The third-order valence-electron chi connectivity index (χ3n) is 7.68. The van der Waals surface area contributed by atoms with Gasteiger partial charge in [0, 0.05) is 30.4 Å². The second-order valence-electron chi connectivity index (χ2n) is 10.6. The Labute approximate surface area is 230 Å². The van der Waals surface area contributed by atoms with E-state index in [1.807, 2.05) is 6.07 Å². The standard InChI is InChI=1S/C28H24F4N8O/c1-39-13-34-38-26(39)18-11-16(29)6-7-17(18)15-9-21(14-4-5-14)35-22(10-15)40-12-19(28(30,31)32)23-24(27(40)41)37-25(36-23)20-3-2-8-33-20/h6-7,9-14,20,33H,2-5,8H2,1H3,(H,36,37). The van der Waals surface area contributed by atoms with Crippen LogP contribution in [0.3, 0.4) is 0 Å². The number of nitrogens with zero attached hydrogens (tertiary/aromatic N) is 6. The highest BCUT2D eigenvalue weighted by Crippen LogP contribution is 2.42. The van der Waals surface area contributed by atoms with Crippen molar-refractivity contribution >= 4 is 11.0 Å². The predicted molar refractivity (Wildman–Crippen MR) is 142 cm³/mol. The average molecular weight is 565 g/mol. The molecule has 7 rings (SSSR count). The largest absolute Gasteiger partial charge is 0.419 e. The number of aryl methyl sites for hydroxylation is 1. The molecule has 2 N–H and O–H groups in total. The monoisotopic (exact) mass is 564 g/mol. The van der Waals surface area contributed by atoms with Crippen LogP contribution < -0.4 is 10.9 Å². The SMILES string of the molecule is Cn1cnnc1-c1cc(F)ccc1-c1cc(C2CC2)nc(-n2cc(C(F)(F)F)c3nc(C4CCCN4)[nH]c3c2=O)c1. The fourth-order valence-electron chi connectivity index (χ4n) is 5.46. The first-order chi connectivity index (χ1) is 19.7. The highest BCUT2D eigenvalue weighted by atomic mass is 19.4. The first kappa shape index (κ1) is 25.6. The number of benzene rings is 1. The summed E-state index contributed by atoms with van der Waals surface area (Å²) >= 11 is 0. The van der Waals surface area contributed by atoms with E-state index in [1.54, 1.807) is 23.7 Å². The van der Waals surface area contributed by atoms with Crippen LogP contribution in [0.2, 0.25) is 0 Å². The Morgan fingerprint density at radius 1 is 1.05 bits per heavy atom. The van der Waals surface area contributed by atoms with E-state index in [9.17, 15) is 22.4 Å². The van der Waals surface area contributed by atoms with Gasteiger partial charge >= 0.3 is 6.18 Å². The van der Waals surface area contributed by atoms with Gasteiger partial charge in [0.25, 0.3) is 5.56 Å². The minimum absolute atomic E-state index is 0.0326. The Hall–Kier alpha value is -4.39. The second kappa shape index (κ2) is 9.33. The zero-order valence-electron chi connectivity index (χ0n) is 21.8. The van der Waals surface area contributed by atoms with Crippen LogP contribution in [0.15, 0.2) is 47.7 Å². The molecular formula is C28H24F4N8O. The number of H-pyrrole nitrogens is 1.